The van der Waals surface area contributed by atoms with Crippen LogP contribution in [0, 0.1) is 6.92 Å². The quantitative estimate of drug-likeness (QED) is 0.286. The van der Waals surface area contributed by atoms with Gasteiger partial charge in [0.2, 0.25) is 5.16 Å². The summed E-state index contributed by atoms with van der Waals surface area (Å²) in [5.41, 5.74) is 4.05. The number of nitrogens with zero attached hydrogens (tertiary/aromatic N) is 6. The molecule has 0 aliphatic rings. The second-order valence-corrected chi connectivity index (χ2v) is 9.40. The summed E-state index contributed by atoms with van der Waals surface area (Å²) in [6.45, 7) is 2.02. The highest BCUT2D eigenvalue weighted by Gasteiger charge is 2.19. The van der Waals surface area contributed by atoms with Gasteiger partial charge in [-0.1, -0.05) is 34.1 Å². The average Bonchev–Trinajstić information content (AvgIpc) is 3.42. The molecule has 154 valence electrons. The van der Waals surface area contributed by atoms with Crippen molar-refractivity contribution >= 4 is 49.2 Å². The van der Waals surface area contributed by atoms with E-state index in [2.05, 4.69) is 58.9 Å². The molecule has 0 aliphatic heterocycles. The van der Waals surface area contributed by atoms with Gasteiger partial charge in [0, 0.05) is 15.4 Å². The van der Waals surface area contributed by atoms with Crippen LogP contribution in [0.1, 0.15) is 5.56 Å². The maximum absolute atomic E-state index is 5.52. The highest BCUT2D eigenvalue weighted by molar-refractivity contribution is 9.10. The lowest BCUT2D eigenvalue weighted by Crippen LogP contribution is -2.02. The van der Waals surface area contributed by atoms with E-state index < -0.39 is 0 Å². The smallest absolute Gasteiger partial charge is 0.220 e. The van der Waals surface area contributed by atoms with E-state index in [1.807, 2.05) is 37.3 Å². The van der Waals surface area contributed by atoms with Crippen molar-refractivity contribution in [1.82, 2.24) is 30.2 Å². The van der Waals surface area contributed by atoms with Gasteiger partial charge in [-0.3, -0.25) is 0 Å². The monoisotopic (exact) mass is 510 g/mol. The van der Waals surface area contributed by atoms with Gasteiger partial charge >= 0.3 is 0 Å². The fraction of sp³-hybridized carbons (Fsp3) is 0.0952. The molecule has 0 bridgehead atoms. The van der Waals surface area contributed by atoms with Crippen LogP contribution in [0.25, 0.3) is 27.0 Å². The Labute approximate surface area is 194 Å². The van der Waals surface area contributed by atoms with E-state index in [0.717, 1.165) is 42.1 Å². The van der Waals surface area contributed by atoms with Crippen LogP contribution in [0.5, 0.6) is 5.75 Å². The molecule has 0 N–H and O–H groups in total. The van der Waals surface area contributed by atoms with E-state index in [0.29, 0.717) is 10.9 Å². The van der Waals surface area contributed by atoms with Crippen LogP contribution < -0.4 is 4.74 Å². The van der Waals surface area contributed by atoms with E-state index >= 15 is 0 Å². The van der Waals surface area contributed by atoms with Crippen molar-refractivity contribution in [3.63, 3.8) is 0 Å². The maximum Gasteiger partial charge on any atom is 0.220 e. The number of ether oxygens (including phenoxy) is 1. The fourth-order valence-electron chi connectivity index (χ4n) is 3.21. The average molecular weight is 511 g/mol. The van der Waals surface area contributed by atoms with Crippen molar-refractivity contribution in [2.75, 3.05) is 7.11 Å². The third kappa shape index (κ3) is 3.82. The second-order valence-electron chi connectivity index (χ2n) is 6.67. The Balaban J connectivity index is 1.61. The van der Waals surface area contributed by atoms with E-state index in [4.69, 9.17) is 4.74 Å². The standard InChI is InChI=1S/C21H15BrN6OS2/c1-12-3-8-17(29-2)16(9-12)28-21(25-26-27-28)31-20-18-15(10-30-19(18)23-11-24-20)13-4-6-14(22)7-5-13/h3-11H,1-2H3. The summed E-state index contributed by atoms with van der Waals surface area (Å²) in [7, 11) is 1.63. The number of hydrogen-bond acceptors (Lipinski definition) is 8. The number of rotatable bonds is 5. The molecule has 0 saturated heterocycles. The van der Waals surface area contributed by atoms with Crippen LogP contribution in [0.15, 0.2) is 68.8 Å². The molecule has 0 aliphatic carbocycles. The van der Waals surface area contributed by atoms with Crippen molar-refractivity contribution in [1.29, 1.82) is 0 Å². The van der Waals surface area contributed by atoms with Gasteiger partial charge in [0.05, 0.1) is 12.5 Å². The molecule has 2 aromatic carbocycles. The van der Waals surface area contributed by atoms with Crippen molar-refractivity contribution < 1.29 is 4.74 Å². The number of hydrogen-bond donors (Lipinski definition) is 0. The summed E-state index contributed by atoms with van der Waals surface area (Å²) in [5.74, 6) is 0.693. The first-order valence-electron chi connectivity index (χ1n) is 9.23. The number of halogens is 1. The first-order chi connectivity index (χ1) is 15.1. The zero-order valence-electron chi connectivity index (χ0n) is 16.5. The van der Waals surface area contributed by atoms with E-state index in [9.17, 15) is 0 Å². The van der Waals surface area contributed by atoms with Crippen molar-refractivity contribution in [2.24, 2.45) is 0 Å². The van der Waals surface area contributed by atoms with Gasteiger partial charge in [0.25, 0.3) is 0 Å². The number of thiophene rings is 1. The Bertz CT molecular complexity index is 1380. The van der Waals surface area contributed by atoms with Crippen LogP contribution in [0.2, 0.25) is 0 Å². The number of fused-ring (bicyclic) bond motifs is 1. The van der Waals surface area contributed by atoms with Gasteiger partial charge in [-0.25, -0.2) is 9.97 Å². The molecule has 3 heterocycles. The molecule has 31 heavy (non-hydrogen) atoms. The van der Waals surface area contributed by atoms with Gasteiger partial charge < -0.3 is 4.74 Å². The van der Waals surface area contributed by atoms with Gasteiger partial charge in [0.1, 0.15) is 27.6 Å². The zero-order valence-corrected chi connectivity index (χ0v) is 19.7. The molecule has 0 radical (unpaired) electrons. The molecule has 0 atom stereocenters. The Morgan fingerprint density at radius 1 is 1.10 bits per heavy atom. The highest BCUT2D eigenvalue weighted by Crippen LogP contribution is 2.40. The molecule has 5 aromatic rings. The number of aryl methyl sites for hydroxylation is 1. The SMILES string of the molecule is COc1ccc(C)cc1-n1nnnc1Sc1ncnc2scc(-c3ccc(Br)cc3)c12. The minimum atomic E-state index is 0.594. The molecule has 3 aromatic heterocycles. The Morgan fingerprint density at radius 2 is 1.94 bits per heavy atom. The summed E-state index contributed by atoms with van der Waals surface area (Å²) in [6, 6.07) is 14.1. The topological polar surface area (TPSA) is 78.6 Å². The van der Waals surface area contributed by atoms with Crippen LogP contribution >= 0.6 is 39.0 Å². The minimum Gasteiger partial charge on any atom is -0.494 e. The van der Waals surface area contributed by atoms with Gasteiger partial charge in [-0.2, -0.15) is 4.68 Å². The van der Waals surface area contributed by atoms with Crippen molar-refractivity contribution in [2.45, 2.75) is 17.1 Å². The minimum absolute atomic E-state index is 0.594. The summed E-state index contributed by atoms with van der Waals surface area (Å²) in [6.07, 6.45) is 1.58. The molecule has 10 heteroatoms. The molecule has 0 amide bonds. The van der Waals surface area contributed by atoms with E-state index in [1.54, 1.807) is 29.5 Å². The van der Waals surface area contributed by atoms with Gasteiger partial charge in [0.15, 0.2) is 0 Å². The highest BCUT2D eigenvalue weighted by atomic mass is 79.9. The number of methoxy groups -OCH3 is 1. The molecule has 0 saturated carbocycles. The molecule has 5 rings (SSSR count). The van der Waals surface area contributed by atoms with E-state index in [1.165, 1.54) is 11.8 Å². The van der Waals surface area contributed by atoms with Crippen LogP contribution in [0.4, 0.5) is 0 Å². The lowest BCUT2D eigenvalue weighted by molar-refractivity contribution is 0.410. The largest absolute Gasteiger partial charge is 0.494 e. The van der Waals surface area contributed by atoms with Gasteiger partial charge in [-0.05, 0) is 64.5 Å². The molecule has 0 spiro atoms. The number of aromatic nitrogens is 6. The Hall–Kier alpha value is -2.82. The van der Waals surface area contributed by atoms with Crippen LogP contribution in [-0.4, -0.2) is 37.3 Å². The predicted molar refractivity (Wildman–Crippen MR) is 125 cm³/mol. The first-order valence-corrected chi connectivity index (χ1v) is 11.7. The van der Waals surface area contributed by atoms with Crippen molar-refractivity contribution in [3.05, 3.63) is 64.2 Å². The zero-order chi connectivity index (χ0) is 21.4. The summed E-state index contributed by atoms with van der Waals surface area (Å²) < 4.78 is 8.23. The summed E-state index contributed by atoms with van der Waals surface area (Å²) in [5, 5.41) is 16.8. The predicted octanol–water partition coefficient (Wildman–Crippen LogP) is 5.56. The lowest BCUT2D eigenvalue weighted by Gasteiger charge is -2.10. The normalized spacial score (nSPS) is 11.2. The third-order valence-electron chi connectivity index (χ3n) is 4.68. The second kappa shape index (κ2) is 8.37. The van der Waals surface area contributed by atoms with Crippen LogP contribution in [0.3, 0.4) is 0 Å². The summed E-state index contributed by atoms with van der Waals surface area (Å²) in [4.78, 5) is 9.94. The van der Waals surface area contributed by atoms with Crippen LogP contribution in [-0.2, 0) is 0 Å². The first kappa shape index (κ1) is 20.1. The maximum atomic E-state index is 5.52. The Morgan fingerprint density at radius 3 is 2.74 bits per heavy atom. The molecular formula is C21H15BrN6OS2. The summed E-state index contributed by atoms with van der Waals surface area (Å²) >= 11 is 6.50. The third-order valence-corrected chi connectivity index (χ3v) is 7.04. The fourth-order valence-corrected chi connectivity index (χ4v) is 5.34. The van der Waals surface area contributed by atoms with E-state index in [-0.39, 0.29) is 0 Å². The molecular weight excluding hydrogens is 496 g/mol. The van der Waals surface area contributed by atoms with Crippen molar-refractivity contribution in [3.8, 4) is 22.6 Å². The lowest BCUT2D eigenvalue weighted by atomic mass is 10.1. The Kier molecular flexibility index (Phi) is 5.43. The number of tetrazole rings is 1. The molecule has 7 nitrogen and oxygen atoms in total. The molecule has 0 unspecified atom stereocenters. The number of benzene rings is 2. The molecule has 0 fully saturated rings. The van der Waals surface area contributed by atoms with Gasteiger partial charge in [-0.15, -0.1) is 16.4 Å².